The second-order valence-electron chi connectivity index (χ2n) is 6.83. The van der Waals surface area contributed by atoms with Crippen molar-refractivity contribution in [2.24, 2.45) is 12.0 Å². The van der Waals surface area contributed by atoms with Gasteiger partial charge in [-0.1, -0.05) is 30.3 Å². The predicted molar refractivity (Wildman–Crippen MR) is 106 cm³/mol. The summed E-state index contributed by atoms with van der Waals surface area (Å²) in [5.41, 5.74) is -0.0732. The summed E-state index contributed by atoms with van der Waals surface area (Å²) in [7, 11) is 1.92. The number of hydrogen-bond acceptors (Lipinski definition) is 5. The van der Waals surface area contributed by atoms with Crippen molar-refractivity contribution in [3.8, 4) is 0 Å². The van der Waals surface area contributed by atoms with Crippen LogP contribution in [0.1, 0.15) is 29.9 Å². The van der Waals surface area contributed by atoms with Crippen LogP contribution in [0, 0.1) is 6.92 Å². The average Bonchev–Trinajstić information content (AvgIpc) is 3.34. The third-order valence-corrected chi connectivity index (χ3v) is 4.51. The molecule has 2 aromatic heterocycles. The van der Waals surface area contributed by atoms with Gasteiger partial charge in [0.2, 0.25) is 0 Å². The molecule has 0 spiro atoms. The molecule has 28 heavy (non-hydrogen) atoms. The van der Waals surface area contributed by atoms with Gasteiger partial charge in [-0.2, -0.15) is 0 Å². The lowest BCUT2D eigenvalue weighted by Crippen LogP contribution is -2.44. The fourth-order valence-electron chi connectivity index (χ4n) is 2.62. The van der Waals surface area contributed by atoms with Crippen LogP contribution >= 0.6 is 0 Å². The highest BCUT2D eigenvalue weighted by molar-refractivity contribution is 5.79. The number of benzene rings is 1. The molecule has 0 radical (unpaired) electrons. The summed E-state index contributed by atoms with van der Waals surface area (Å²) in [6.07, 6.45) is 1.54. The topological polar surface area (TPSA) is 100 Å². The zero-order chi connectivity index (χ0) is 20.0. The molecular weight excluding hydrogens is 356 g/mol. The Hall–Kier alpha value is -3.13. The largest absolute Gasteiger partial charge is 0.466 e. The minimum absolute atomic E-state index is 0.235. The number of aryl methyl sites for hydroxylation is 1. The van der Waals surface area contributed by atoms with E-state index in [1.165, 1.54) is 0 Å². The van der Waals surface area contributed by atoms with E-state index in [9.17, 15) is 5.11 Å². The van der Waals surface area contributed by atoms with Crippen molar-refractivity contribution in [3.05, 3.63) is 71.7 Å². The van der Waals surface area contributed by atoms with E-state index in [-0.39, 0.29) is 6.54 Å². The fourth-order valence-corrected chi connectivity index (χ4v) is 2.62. The van der Waals surface area contributed by atoms with Crippen LogP contribution in [-0.4, -0.2) is 32.4 Å². The van der Waals surface area contributed by atoms with E-state index in [1.807, 2.05) is 48.9 Å². The normalized spacial score (nSPS) is 13.9. The number of rotatable bonds is 7. The highest BCUT2D eigenvalue weighted by atomic mass is 16.4. The van der Waals surface area contributed by atoms with Crippen LogP contribution in [0.4, 0.5) is 0 Å². The maximum atomic E-state index is 10.7. The molecule has 0 saturated carbocycles. The van der Waals surface area contributed by atoms with Gasteiger partial charge in [0.1, 0.15) is 17.2 Å². The minimum atomic E-state index is -1.17. The second-order valence-corrected chi connectivity index (χ2v) is 6.83. The van der Waals surface area contributed by atoms with Crippen LogP contribution < -0.4 is 10.6 Å². The summed E-state index contributed by atoms with van der Waals surface area (Å²) < 4.78 is 7.25. The Balaban J connectivity index is 1.69. The molecule has 0 bridgehead atoms. The summed E-state index contributed by atoms with van der Waals surface area (Å²) >= 11 is 0. The molecule has 1 aromatic carbocycles. The number of guanidine groups is 1. The Labute approximate surface area is 164 Å². The Bertz CT molecular complexity index is 900. The Morgan fingerprint density at radius 3 is 2.61 bits per heavy atom. The average molecular weight is 382 g/mol. The zero-order valence-corrected chi connectivity index (χ0v) is 16.4. The van der Waals surface area contributed by atoms with Gasteiger partial charge in [-0.05, 0) is 31.5 Å². The highest BCUT2D eigenvalue weighted by Gasteiger charge is 2.26. The van der Waals surface area contributed by atoms with Gasteiger partial charge in [-0.25, -0.2) is 4.99 Å². The molecule has 8 heteroatoms. The van der Waals surface area contributed by atoms with Gasteiger partial charge in [0.05, 0.1) is 25.9 Å². The quantitative estimate of drug-likeness (QED) is 0.426. The molecule has 3 aromatic rings. The predicted octanol–water partition coefficient (Wildman–Crippen LogP) is 1.86. The molecule has 3 rings (SSSR count). The van der Waals surface area contributed by atoms with Crippen molar-refractivity contribution >= 4 is 5.96 Å². The first-order valence-corrected chi connectivity index (χ1v) is 9.13. The number of aliphatic hydroxyl groups is 1. The third kappa shape index (κ3) is 4.98. The first kappa shape index (κ1) is 19.6. The molecular formula is C20H26N6O2. The Morgan fingerprint density at radius 1 is 1.18 bits per heavy atom. The second kappa shape index (κ2) is 8.71. The number of aromatic nitrogens is 3. The molecule has 1 atom stereocenters. The molecule has 8 nitrogen and oxygen atoms in total. The van der Waals surface area contributed by atoms with Gasteiger partial charge in [-0.3, -0.25) is 0 Å². The SMILES string of the molecule is Cc1nnc(CNC(=NCc2ccccc2)NCC(C)(O)c2ccco2)n1C. The van der Waals surface area contributed by atoms with E-state index in [0.29, 0.717) is 24.8 Å². The summed E-state index contributed by atoms with van der Waals surface area (Å²) in [5.74, 6) is 2.69. The van der Waals surface area contributed by atoms with E-state index >= 15 is 0 Å². The van der Waals surface area contributed by atoms with Gasteiger partial charge >= 0.3 is 0 Å². The monoisotopic (exact) mass is 382 g/mol. The van der Waals surface area contributed by atoms with Crippen molar-refractivity contribution in [2.45, 2.75) is 32.5 Å². The van der Waals surface area contributed by atoms with Crippen molar-refractivity contribution in [1.82, 2.24) is 25.4 Å². The molecule has 2 heterocycles. The van der Waals surface area contributed by atoms with E-state index < -0.39 is 5.60 Å². The Morgan fingerprint density at radius 2 is 1.96 bits per heavy atom. The number of hydrogen-bond donors (Lipinski definition) is 3. The molecule has 0 fully saturated rings. The number of furan rings is 1. The standard InChI is InChI=1S/C20H26N6O2/c1-15-24-25-18(26(15)3)13-22-19(21-12-16-8-5-4-6-9-16)23-14-20(2,27)17-10-7-11-28-17/h4-11,27H,12-14H2,1-3H3,(H2,21,22,23). The highest BCUT2D eigenvalue weighted by Crippen LogP contribution is 2.19. The van der Waals surface area contributed by atoms with Crippen LogP contribution in [0.3, 0.4) is 0 Å². The van der Waals surface area contributed by atoms with Gasteiger partial charge in [0.25, 0.3) is 0 Å². The van der Waals surface area contributed by atoms with Gasteiger partial charge < -0.3 is 24.7 Å². The summed E-state index contributed by atoms with van der Waals surface area (Å²) in [4.78, 5) is 4.63. The maximum Gasteiger partial charge on any atom is 0.192 e. The van der Waals surface area contributed by atoms with Gasteiger partial charge in [0, 0.05) is 7.05 Å². The van der Waals surface area contributed by atoms with Crippen molar-refractivity contribution in [2.75, 3.05) is 6.54 Å². The lowest BCUT2D eigenvalue weighted by Gasteiger charge is -2.23. The van der Waals surface area contributed by atoms with Crippen LogP contribution in [-0.2, 0) is 25.7 Å². The fraction of sp³-hybridized carbons (Fsp3) is 0.350. The van der Waals surface area contributed by atoms with Crippen LogP contribution in [0.5, 0.6) is 0 Å². The first-order valence-electron chi connectivity index (χ1n) is 9.13. The first-order chi connectivity index (χ1) is 13.5. The number of nitrogens with one attached hydrogen (secondary N) is 2. The molecule has 0 aliphatic carbocycles. The molecule has 0 aliphatic rings. The van der Waals surface area contributed by atoms with Crippen molar-refractivity contribution < 1.29 is 9.52 Å². The molecule has 148 valence electrons. The van der Waals surface area contributed by atoms with Crippen molar-refractivity contribution in [1.29, 1.82) is 0 Å². The van der Waals surface area contributed by atoms with E-state index in [0.717, 1.165) is 17.2 Å². The van der Waals surface area contributed by atoms with Crippen LogP contribution in [0.2, 0.25) is 0 Å². The molecule has 1 unspecified atom stereocenters. The van der Waals surface area contributed by atoms with Crippen LogP contribution in [0.15, 0.2) is 58.1 Å². The van der Waals surface area contributed by atoms with Gasteiger partial charge in [0.15, 0.2) is 11.8 Å². The van der Waals surface area contributed by atoms with E-state index in [4.69, 9.17) is 4.42 Å². The van der Waals surface area contributed by atoms with E-state index in [1.54, 1.807) is 25.3 Å². The van der Waals surface area contributed by atoms with Gasteiger partial charge in [-0.15, -0.1) is 10.2 Å². The van der Waals surface area contributed by atoms with Crippen molar-refractivity contribution in [3.63, 3.8) is 0 Å². The third-order valence-electron chi connectivity index (χ3n) is 4.51. The molecule has 3 N–H and O–H groups in total. The van der Waals surface area contributed by atoms with E-state index in [2.05, 4.69) is 25.8 Å². The minimum Gasteiger partial charge on any atom is -0.466 e. The summed E-state index contributed by atoms with van der Waals surface area (Å²) in [6.45, 7) is 4.80. The molecule has 0 saturated heterocycles. The lowest BCUT2D eigenvalue weighted by molar-refractivity contribution is 0.0385. The molecule has 0 aliphatic heterocycles. The maximum absolute atomic E-state index is 10.7. The smallest absolute Gasteiger partial charge is 0.192 e. The Kier molecular flexibility index (Phi) is 6.10. The lowest BCUT2D eigenvalue weighted by atomic mass is 10.0. The number of aliphatic imine (C=N–C) groups is 1. The zero-order valence-electron chi connectivity index (χ0n) is 16.4. The summed E-state index contributed by atoms with van der Waals surface area (Å²) in [6, 6.07) is 13.5. The summed E-state index contributed by atoms with van der Waals surface area (Å²) in [5, 5.41) is 25.3. The molecule has 0 amide bonds. The number of nitrogens with zero attached hydrogens (tertiary/aromatic N) is 4. The van der Waals surface area contributed by atoms with Crippen LogP contribution in [0.25, 0.3) is 0 Å².